The van der Waals surface area contributed by atoms with Gasteiger partial charge in [-0.15, -0.1) is 0 Å². The normalized spacial score (nSPS) is 21.9. The molecule has 0 aliphatic heterocycles. The first kappa shape index (κ1) is 12.8. The van der Waals surface area contributed by atoms with Crippen molar-refractivity contribution in [1.82, 2.24) is 5.32 Å². The van der Waals surface area contributed by atoms with Crippen molar-refractivity contribution in [3.8, 4) is 0 Å². The van der Waals surface area contributed by atoms with Gasteiger partial charge in [0, 0.05) is 5.54 Å². The Morgan fingerprint density at radius 1 is 1.13 bits per heavy atom. The maximum absolute atomic E-state index is 3.82. The number of hydrogen-bond donors (Lipinski definition) is 1. The van der Waals surface area contributed by atoms with Gasteiger partial charge in [0.1, 0.15) is 0 Å². The summed E-state index contributed by atoms with van der Waals surface area (Å²) >= 11 is 0. The molecule has 0 fully saturated rings. The Bertz CT molecular complexity index is 183. The van der Waals surface area contributed by atoms with Gasteiger partial charge in [0.2, 0.25) is 0 Å². The van der Waals surface area contributed by atoms with E-state index in [0.717, 1.165) is 5.92 Å². The molecule has 1 aliphatic rings. The SMILES string of the molecule is CCC(CC)(CC)NCC1CC=CCC1. The molecule has 1 unspecified atom stereocenters. The predicted octanol–water partition coefficient (Wildman–Crippen LogP) is 3.90. The van der Waals surface area contributed by atoms with Crippen molar-refractivity contribution in [1.29, 1.82) is 0 Å². The maximum atomic E-state index is 3.82. The number of hydrogen-bond acceptors (Lipinski definition) is 1. The third-order valence-corrected chi connectivity index (χ3v) is 4.17. The molecule has 1 heteroatoms. The number of allylic oxidation sites excluding steroid dienone is 2. The van der Waals surface area contributed by atoms with Crippen molar-refractivity contribution in [2.45, 2.75) is 64.8 Å². The molecule has 1 nitrogen and oxygen atoms in total. The van der Waals surface area contributed by atoms with Crippen LogP contribution in [0.1, 0.15) is 59.3 Å². The molecule has 0 aromatic carbocycles. The van der Waals surface area contributed by atoms with Crippen molar-refractivity contribution in [2.75, 3.05) is 6.54 Å². The highest BCUT2D eigenvalue weighted by atomic mass is 15.0. The van der Waals surface area contributed by atoms with Gasteiger partial charge in [-0.05, 0) is 51.0 Å². The summed E-state index contributed by atoms with van der Waals surface area (Å²) in [5.41, 5.74) is 0.404. The van der Waals surface area contributed by atoms with E-state index in [1.54, 1.807) is 0 Å². The molecule has 0 radical (unpaired) electrons. The van der Waals surface area contributed by atoms with Crippen LogP contribution in [-0.4, -0.2) is 12.1 Å². The molecule has 1 N–H and O–H groups in total. The zero-order valence-corrected chi connectivity index (χ0v) is 10.7. The van der Waals surface area contributed by atoms with Crippen LogP contribution >= 0.6 is 0 Å². The molecular formula is C14H27N. The lowest BCUT2D eigenvalue weighted by molar-refractivity contribution is 0.264. The van der Waals surface area contributed by atoms with Crippen LogP contribution < -0.4 is 5.32 Å². The Morgan fingerprint density at radius 3 is 2.27 bits per heavy atom. The first-order chi connectivity index (χ1) is 7.26. The van der Waals surface area contributed by atoms with Gasteiger partial charge in [0.25, 0.3) is 0 Å². The molecular weight excluding hydrogens is 182 g/mol. The van der Waals surface area contributed by atoms with Crippen molar-refractivity contribution < 1.29 is 0 Å². The van der Waals surface area contributed by atoms with Gasteiger partial charge in [-0.1, -0.05) is 32.9 Å². The monoisotopic (exact) mass is 209 g/mol. The van der Waals surface area contributed by atoms with Gasteiger partial charge < -0.3 is 5.32 Å². The third kappa shape index (κ3) is 3.64. The lowest BCUT2D eigenvalue weighted by Crippen LogP contribution is -2.45. The Labute approximate surface area is 95.3 Å². The molecule has 1 atom stereocenters. The standard InChI is InChI=1S/C14H27N/c1-4-14(5-2,6-3)15-12-13-10-8-7-9-11-13/h7-8,13,15H,4-6,9-12H2,1-3H3. The summed E-state index contributed by atoms with van der Waals surface area (Å²) in [6.45, 7) is 8.13. The van der Waals surface area contributed by atoms with Crippen LogP contribution in [0.5, 0.6) is 0 Å². The van der Waals surface area contributed by atoms with E-state index in [0.29, 0.717) is 5.54 Å². The van der Waals surface area contributed by atoms with E-state index in [2.05, 4.69) is 38.2 Å². The molecule has 0 aromatic rings. The van der Waals surface area contributed by atoms with E-state index in [1.165, 1.54) is 45.1 Å². The van der Waals surface area contributed by atoms with E-state index >= 15 is 0 Å². The smallest absolute Gasteiger partial charge is 0.0173 e. The highest BCUT2D eigenvalue weighted by molar-refractivity contribution is 4.92. The zero-order chi connectivity index (χ0) is 11.1. The van der Waals surface area contributed by atoms with Crippen molar-refractivity contribution in [3.05, 3.63) is 12.2 Å². The van der Waals surface area contributed by atoms with Gasteiger partial charge in [-0.25, -0.2) is 0 Å². The van der Waals surface area contributed by atoms with Gasteiger partial charge in [0.15, 0.2) is 0 Å². The Kier molecular flexibility index (Phi) is 5.38. The summed E-state index contributed by atoms with van der Waals surface area (Å²) in [7, 11) is 0. The Balaban J connectivity index is 2.35. The molecule has 0 amide bonds. The van der Waals surface area contributed by atoms with E-state index in [4.69, 9.17) is 0 Å². The van der Waals surface area contributed by atoms with Crippen molar-refractivity contribution in [3.63, 3.8) is 0 Å². The fraction of sp³-hybridized carbons (Fsp3) is 0.857. The van der Waals surface area contributed by atoms with Crippen LogP contribution in [0.4, 0.5) is 0 Å². The summed E-state index contributed by atoms with van der Waals surface area (Å²) < 4.78 is 0. The quantitative estimate of drug-likeness (QED) is 0.654. The average Bonchev–Trinajstić information content (AvgIpc) is 2.33. The molecule has 1 aliphatic carbocycles. The van der Waals surface area contributed by atoms with Crippen molar-refractivity contribution in [2.24, 2.45) is 5.92 Å². The first-order valence-electron chi connectivity index (χ1n) is 6.66. The van der Waals surface area contributed by atoms with Gasteiger partial charge in [-0.2, -0.15) is 0 Å². The molecule has 88 valence electrons. The van der Waals surface area contributed by atoms with Crippen molar-refractivity contribution >= 4 is 0 Å². The maximum Gasteiger partial charge on any atom is 0.0173 e. The van der Waals surface area contributed by atoms with Gasteiger partial charge in [-0.3, -0.25) is 0 Å². The minimum absolute atomic E-state index is 0.404. The molecule has 0 spiro atoms. The largest absolute Gasteiger partial charge is 0.311 e. The average molecular weight is 209 g/mol. The van der Waals surface area contributed by atoms with Gasteiger partial charge in [0.05, 0.1) is 0 Å². The fourth-order valence-corrected chi connectivity index (χ4v) is 2.53. The molecule has 0 saturated heterocycles. The Morgan fingerprint density at radius 2 is 1.80 bits per heavy atom. The van der Waals surface area contributed by atoms with Crippen LogP contribution in [0.15, 0.2) is 12.2 Å². The summed E-state index contributed by atoms with van der Waals surface area (Å²) in [5, 5.41) is 3.82. The lowest BCUT2D eigenvalue weighted by atomic mass is 9.87. The van der Waals surface area contributed by atoms with E-state index < -0.39 is 0 Å². The van der Waals surface area contributed by atoms with Crippen LogP contribution in [0.2, 0.25) is 0 Å². The van der Waals surface area contributed by atoms with Crippen LogP contribution in [-0.2, 0) is 0 Å². The number of nitrogens with one attached hydrogen (secondary N) is 1. The molecule has 1 rings (SSSR count). The summed E-state index contributed by atoms with van der Waals surface area (Å²) in [6.07, 6.45) is 12.4. The fourth-order valence-electron chi connectivity index (χ4n) is 2.53. The van der Waals surface area contributed by atoms with E-state index in [1.807, 2.05) is 0 Å². The minimum atomic E-state index is 0.404. The second-order valence-corrected chi connectivity index (χ2v) is 4.87. The van der Waals surface area contributed by atoms with Gasteiger partial charge >= 0.3 is 0 Å². The highest BCUT2D eigenvalue weighted by Crippen LogP contribution is 2.22. The second kappa shape index (κ2) is 6.32. The minimum Gasteiger partial charge on any atom is -0.311 e. The lowest BCUT2D eigenvalue weighted by Gasteiger charge is -2.34. The summed E-state index contributed by atoms with van der Waals surface area (Å²) in [4.78, 5) is 0. The topological polar surface area (TPSA) is 12.0 Å². The summed E-state index contributed by atoms with van der Waals surface area (Å²) in [5.74, 6) is 0.874. The summed E-state index contributed by atoms with van der Waals surface area (Å²) in [6, 6.07) is 0. The Hall–Kier alpha value is -0.300. The highest BCUT2D eigenvalue weighted by Gasteiger charge is 2.24. The molecule has 0 heterocycles. The van der Waals surface area contributed by atoms with E-state index in [9.17, 15) is 0 Å². The predicted molar refractivity (Wildman–Crippen MR) is 68.1 cm³/mol. The van der Waals surface area contributed by atoms with Crippen LogP contribution in [0, 0.1) is 5.92 Å². The van der Waals surface area contributed by atoms with Crippen LogP contribution in [0.3, 0.4) is 0 Å². The number of rotatable bonds is 6. The third-order valence-electron chi connectivity index (χ3n) is 4.17. The molecule has 15 heavy (non-hydrogen) atoms. The first-order valence-corrected chi connectivity index (χ1v) is 6.66. The van der Waals surface area contributed by atoms with Crippen LogP contribution in [0.25, 0.3) is 0 Å². The second-order valence-electron chi connectivity index (χ2n) is 4.87. The van der Waals surface area contributed by atoms with E-state index in [-0.39, 0.29) is 0 Å². The molecule has 0 bridgehead atoms. The molecule has 0 saturated carbocycles. The molecule has 0 aromatic heterocycles. The zero-order valence-electron chi connectivity index (χ0n) is 10.7.